The van der Waals surface area contributed by atoms with E-state index in [-0.39, 0.29) is 4.70 Å². The third-order valence-corrected chi connectivity index (χ3v) is 0.957. The van der Waals surface area contributed by atoms with E-state index in [0.717, 1.165) is 26.2 Å². The number of rotatable bonds is 0. The SMILES string of the molecule is C1CNCCN1.F. The van der Waals surface area contributed by atoms with Gasteiger partial charge in [-0.3, -0.25) is 4.70 Å². The minimum atomic E-state index is 0. The molecule has 0 bridgehead atoms. The highest BCUT2D eigenvalue weighted by Crippen LogP contribution is 1.65. The van der Waals surface area contributed by atoms with Gasteiger partial charge in [-0.25, -0.2) is 0 Å². The monoisotopic (exact) mass is 106 g/mol. The number of nitrogens with one attached hydrogen (secondary N) is 2. The summed E-state index contributed by atoms with van der Waals surface area (Å²) >= 11 is 0. The third-order valence-electron chi connectivity index (χ3n) is 0.957. The molecule has 2 nitrogen and oxygen atoms in total. The first-order valence-corrected chi connectivity index (χ1v) is 2.41. The Morgan fingerprint density at radius 2 is 1.00 bits per heavy atom. The van der Waals surface area contributed by atoms with Crippen LogP contribution in [0.15, 0.2) is 0 Å². The highest BCUT2D eigenvalue weighted by atomic mass is 19.0. The van der Waals surface area contributed by atoms with Crippen LogP contribution in [0.1, 0.15) is 0 Å². The Hall–Kier alpha value is -0.150. The molecule has 0 spiro atoms. The van der Waals surface area contributed by atoms with E-state index in [2.05, 4.69) is 10.6 Å². The van der Waals surface area contributed by atoms with Crippen LogP contribution in [-0.4, -0.2) is 26.2 Å². The molecule has 1 rings (SSSR count). The summed E-state index contributed by atoms with van der Waals surface area (Å²) in [5, 5.41) is 6.44. The molecule has 0 aromatic carbocycles. The second-order valence-electron chi connectivity index (χ2n) is 1.50. The fourth-order valence-corrected chi connectivity index (χ4v) is 0.604. The summed E-state index contributed by atoms with van der Waals surface area (Å²) in [5.41, 5.74) is 0. The van der Waals surface area contributed by atoms with Gasteiger partial charge in [-0.05, 0) is 0 Å². The van der Waals surface area contributed by atoms with Crippen LogP contribution in [0, 0.1) is 0 Å². The Morgan fingerprint density at radius 1 is 0.714 bits per heavy atom. The summed E-state index contributed by atoms with van der Waals surface area (Å²) in [7, 11) is 0. The lowest BCUT2D eigenvalue weighted by Gasteiger charge is -2.11. The molecule has 1 aliphatic heterocycles. The molecule has 1 heterocycles. The second kappa shape index (κ2) is 4.02. The van der Waals surface area contributed by atoms with Gasteiger partial charge in [-0.1, -0.05) is 0 Å². The zero-order chi connectivity index (χ0) is 4.24. The maximum Gasteiger partial charge on any atom is 0.00772 e. The minimum absolute atomic E-state index is 0. The van der Waals surface area contributed by atoms with E-state index in [0.29, 0.717) is 0 Å². The van der Waals surface area contributed by atoms with Crippen LogP contribution in [0.25, 0.3) is 0 Å². The Kier molecular flexibility index (Phi) is 3.93. The van der Waals surface area contributed by atoms with E-state index in [9.17, 15) is 0 Å². The third kappa shape index (κ3) is 2.53. The topological polar surface area (TPSA) is 24.1 Å². The van der Waals surface area contributed by atoms with Gasteiger partial charge in [-0.2, -0.15) is 0 Å². The van der Waals surface area contributed by atoms with Gasteiger partial charge in [0.2, 0.25) is 0 Å². The summed E-state index contributed by atoms with van der Waals surface area (Å²) in [5.74, 6) is 0. The predicted molar refractivity (Wildman–Crippen MR) is 28.2 cm³/mol. The zero-order valence-corrected chi connectivity index (χ0v) is 4.24. The molecule has 0 saturated carbocycles. The molecule has 0 unspecified atom stereocenters. The largest absolute Gasteiger partial charge is 0.314 e. The van der Waals surface area contributed by atoms with Gasteiger partial charge >= 0.3 is 0 Å². The van der Waals surface area contributed by atoms with E-state index in [1.807, 2.05) is 0 Å². The minimum Gasteiger partial charge on any atom is -0.314 e. The van der Waals surface area contributed by atoms with Crippen molar-refractivity contribution >= 4 is 0 Å². The van der Waals surface area contributed by atoms with Gasteiger partial charge in [0.05, 0.1) is 0 Å². The van der Waals surface area contributed by atoms with Gasteiger partial charge in [0.15, 0.2) is 0 Å². The second-order valence-corrected chi connectivity index (χ2v) is 1.50. The Bertz CT molecular complexity index is 25.2. The maximum absolute atomic E-state index is 3.22. The molecule has 1 aliphatic rings. The molecular formula is C4H11FN2. The maximum atomic E-state index is 3.22. The van der Waals surface area contributed by atoms with E-state index >= 15 is 0 Å². The van der Waals surface area contributed by atoms with Crippen LogP contribution in [0.5, 0.6) is 0 Å². The molecule has 2 N–H and O–H groups in total. The average Bonchev–Trinajstić information content (AvgIpc) is 1.72. The van der Waals surface area contributed by atoms with Crippen molar-refractivity contribution in [1.29, 1.82) is 0 Å². The van der Waals surface area contributed by atoms with Crippen molar-refractivity contribution in [3.05, 3.63) is 0 Å². The Labute approximate surface area is 42.7 Å². The lowest BCUT2D eigenvalue weighted by molar-refractivity contribution is 0.534. The first kappa shape index (κ1) is 6.85. The van der Waals surface area contributed by atoms with E-state index < -0.39 is 0 Å². The smallest absolute Gasteiger partial charge is 0.00772 e. The van der Waals surface area contributed by atoms with Crippen molar-refractivity contribution in [2.45, 2.75) is 0 Å². The fourth-order valence-electron chi connectivity index (χ4n) is 0.604. The van der Waals surface area contributed by atoms with Crippen molar-refractivity contribution in [3.8, 4) is 0 Å². The number of piperazine rings is 1. The summed E-state index contributed by atoms with van der Waals surface area (Å²) in [6, 6.07) is 0. The summed E-state index contributed by atoms with van der Waals surface area (Å²) in [6.07, 6.45) is 0. The van der Waals surface area contributed by atoms with Gasteiger partial charge in [-0.15, -0.1) is 0 Å². The summed E-state index contributed by atoms with van der Waals surface area (Å²) in [6.45, 7) is 4.56. The van der Waals surface area contributed by atoms with Crippen LogP contribution in [0.2, 0.25) is 0 Å². The molecule has 0 aromatic rings. The average molecular weight is 106 g/mol. The normalized spacial score (nSPS) is 20.6. The fraction of sp³-hybridized carbons (Fsp3) is 1.00. The van der Waals surface area contributed by atoms with Crippen LogP contribution < -0.4 is 10.6 Å². The quantitative estimate of drug-likeness (QED) is 0.428. The van der Waals surface area contributed by atoms with Crippen LogP contribution in [0.3, 0.4) is 0 Å². The lowest BCUT2D eigenvalue weighted by atomic mass is 10.4. The van der Waals surface area contributed by atoms with Crippen molar-refractivity contribution in [1.82, 2.24) is 10.6 Å². The first-order chi connectivity index (χ1) is 3.00. The highest BCUT2D eigenvalue weighted by molar-refractivity contribution is 4.59. The van der Waals surface area contributed by atoms with Crippen LogP contribution in [0.4, 0.5) is 4.70 Å². The Morgan fingerprint density at radius 3 is 1.14 bits per heavy atom. The highest BCUT2D eigenvalue weighted by Gasteiger charge is 1.91. The molecule has 0 aliphatic carbocycles. The van der Waals surface area contributed by atoms with Crippen molar-refractivity contribution in [2.75, 3.05) is 26.2 Å². The molecule has 1 fully saturated rings. The summed E-state index contributed by atoms with van der Waals surface area (Å²) < 4.78 is 0. The van der Waals surface area contributed by atoms with Crippen molar-refractivity contribution < 1.29 is 4.70 Å². The molecule has 1 saturated heterocycles. The number of hydrogen-bond donors (Lipinski definition) is 2. The Balaban J connectivity index is 0.000000360. The number of halogens is 1. The van der Waals surface area contributed by atoms with Gasteiger partial charge in [0.25, 0.3) is 0 Å². The van der Waals surface area contributed by atoms with Gasteiger partial charge in [0.1, 0.15) is 0 Å². The molecule has 0 aromatic heterocycles. The van der Waals surface area contributed by atoms with Gasteiger partial charge < -0.3 is 10.6 Å². The van der Waals surface area contributed by atoms with E-state index in [1.54, 1.807) is 0 Å². The zero-order valence-electron chi connectivity index (χ0n) is 4.24. The number of hydrogen-bond acceptors (Lipinski definition) is 2. The molecule has 44 valence electrons. The van der Waals surface area contributed by atoms with E-state index in [1.165, 1.54) is 0 Å². The molecule has 0 atom stereocenters. The first-order valence-electron chi connectivity index (χ1n) is 2.41. The van der Waals surface area contributed by atoms with Crippen LogP contribution >= 0.6 is 0 Å². The summed E-state index contributed by atoms with van der Waals surface area (Å²) in [4.78, 5) is 0. The molecule has 0 radical (unpaired) electrons. The van der Waals surface area contributed by atoms with Gasteiger partial charge in [0, 0.05) is 26.2 Å². The molecular weight excluding hydrogens is 95.1 g/mol. The predicted octanol–water partition coefficient (Wildman–Crippen LogP) is -0.668. The molecule has 0 amide bonds. The van der Waals surface area contributed by atoms with Crippen molar-refractivity contribution in [3.63, 3.8) is 0 Å². The molecule has 7 heavy (non-hydrogen) atoms. The van der Waals surface area contributed by atoms with Crippen LogP contribution in [-0.2, 0) is 0 Å². The standard InChI is InChI=1S/C4H10N2.FH/c1-2-6-4-3-5-1;/h5-6H,1-4H2;1H. The van der Waals surface area contributed by atoms with Crippen molar-refractivity contribution in [2.24, 2.45) is 0 Å². The van der Waals surface area contributed by atoms with E-state index in [4.69, 9.17) is 0 Å². The molecule has 3 heteroatoms. The lowest BCUT2D eigenvalue weighted by Crippen LogP contribution is -2.39.